The molecule has 2 aromatic rings. The lowest BCUT2D eigenvalue weighted by molar-refractivity contribution is 0.251. The van der Waals surface area contributed by atoms with Gasteiger partial charge in [0, 0.05) is 23.5 Å². The molecule has 1 heterocycles. The van der Waals surface area contributed by atoms with Crippen LogP contribution in [0.4, 0.5) is 9.80 Å². The molecule has 1 aliphatic carbocycles. The highest BCUT2D eigenvalue weighted by Crippen LogP contribution is 2.47. The molecule has 0 bridgehead atoms. The molecule has 1 aliphatic rings. The predicted molar refractivity (Wildman–Crippen MR) is 74.3 cm³/mol. The van der Waals surface area contributed by atoms with Crippen LogP contribution in [-0.2, 0) is 5.41 Å². The number of rotatable bonds is 4. The van der Waals surface area contributed by atoms with Gasteiger partial charge in [-0.15, -0.1) is 5.10 Å². The van der Waals surface area contributed by atoms with Gasteiger partial charge < -0.3 is 5.32 Å². The van der Waals surface area contributed by atoms with E-state index in [-0.39, 0.29) is 11.4 Å². The molecule has 1 fully saturated rings. The van der Waals surface area contributed by atoms with E-state index < -0.39 is 0 Å². The van der Waals surface area contributed by atoms with Crippen molar-refractivity contribution < 1.29 is 4.79 Å². The largest absolute Gasteiger partial charge is 0.337 e. The van der Waals surface area contributed by atoms with Crippen LogP contribution >= 0.6 is 11.5 Å². The van der Waals surface area contributed by atoms with Crippen molar-refractivity contribution in [1.82, 2.24) is 14.9 Å². The molecule has 5 nitrogen and oxygen atoms in total. The zero-order valence-corrected chi connectivity index (χ0v) is 11.1. The first-order chi connectivity index (χ1) is 9.28. The molecular formula is C13H14N4OS. The van der Waals surface area contributed by atoms with Crippen LogP contribution in [-0.4, -0.2) is 22.2 Å². The number of anilines is 1. The van der Waals surface area contributed by atoms with Gasteiger partial charge in [0.05, 0.1) is 6.20 Å². The van der Waals surface area contributed by atoms with Gasteiger partial charge in [-0.3, -0.25) is 5.32 Å². The molecule has 6 heteroatoms. The second-order valence-electron chi connectivity index (χ2n) is 4.74. The Morgan fingerprint density at radius 2 is 2.11 bits per heavy atom. The predicted octanol–water partition coefficient (Wildman–Crippen LogP) is 2.39. The number of hydrogen-bond donors (Lipinski definition) is 2. The van der Waals surface area contributed by atoms with Gasteiger partial charge in [0.25, 0.3) is 0 Å². The van der Waals surface area contributed by atoms with Gasteiger partial charge in [-0.05, 0) is 18.4 Å². The Morgan fingerprint density at radius 1 is 1.32 bits per heavy atom. The minimum atomic E-state index is -0.201. The molecule has 2 amide bonds. The zero-order valence-electron chi connectivity index (χ0n) is 10.3. The average molecular weight is 274 g/mol. The van der Waals surface area contributed by atoms with Gasteiger partial charge >= 0.3 is 6.03 Å². The first kappa shape index (κ1) is 12.1. The minimum absolute atomic E-state index is 0.130. The van der Waals surface area contributed by atoms with E-state index in [9.17, 15) is 4.79 Å². The van der Waals surface area contributed by atoms with Crippen LogP contribution in [0.2, 0.25) is 0 Å². The van der Waals surface area contributed by atoms with E-state index in [0.29, 0.717) is 11.5 Å². The van der Waals surface area contributed by atoms with E-state index in [1.54, 1.807) is 0 Å². The highest BCUT2D eigenvalue weighted by Gasteiger charge is 2.44. The standard InChI is InChI=1S/C13H14N4OS/c18-12(16-11-8-15-17-19-11)14-9-13(6-7-13)10-4-2-1-3-5-10/h1-5,8H,6-7,9H2,(H2,14,16,18). The van der Waals surface area contributed by atoms with Crippen molar-refractivity contribution in [2.24, 2.45) is 0 Å². The number of carbonyl (C=O) groups is 1. The van der Waals surface area contributed by atoms with Crippen molar-refractivity contribution in [3.05, 3.63) is 42.1 Å². The highest BCUT2D eigenvalue weighted by atomic mass is 32.1. The number of urea groups is 1. The van der Waals surface area contributed by atoms with Crippen molar-refractivity contribution >= 4 is 22.6 Å². The summed E-state index contributed by atoms with van der Waals surface area (Å²) in [5, 5.41) is 9.97. The maximum Gasteiger partial charge on any atom is 0.319 e. The van der Waals surface area contributed by atoms with Crippen molar-refractivity contribution in [1.29, 1.82) is 0 Å². The summed E-state index contributed by atoms with van der Waals surface area (Å²) in [5.41, 5.74) is 1.43. The molecule has 0 radical (unpaired) electrons. The third-order valence-corrected chi connectivity index (χ3v) is 4.01. The Kier molecular flexibility index (Phi) is 3.16. The van der Waals surface area contributed by atoms with Crippen LogP contribution in [0.1, 0.15) is 18.4 Å². The normalized spacial score (nSPS) is 15.8. The van der Waals surface area contributed by atoms with Crippen molar-refractivity contribution in [3.8, 4) is 0 Å². The number of carbonyl (C=O) groups excluding carboxylic acids is 1. The summed E-state index contributed by atoms with van der Waals surface area (Å²) in [5.74, 6) is 0. The first-order valence-electron chi connectivity index (χ1n) is 6.16. The Balaban J connectivity index is 1.56. The fourth-order valence-electron chi connectivity index (χ4n) is 2.14. The average Bonchev–Trinajstić information content (AvgIpc) is 3.08. The molecule has 3 rings (SSSR count). The molecule has 0 saturated heterocycles. The summed E-state index contributed by atoms with van der Waals surface area (Å²) < 4.78 is 3.69. The number of aromatic nitrogens is 2. The second kappa shape index (κ2) is 4.97. The van der Waals surface area contributed by atoms with Crippen molar-refractivity contribution in [2.45, 2.75) is 18.3 Å². The molecule has 0 atom stereocenters. The van der Waals surface area contributed by atoms with Gasteiger partial charge in [0.2, 0.25) is 0 Å². The highest BCUT2D eigenvalue weighted by molar-refractivity contribution is 7.10. The van der Waals surface area contributed by atoms with Crippen LogP contribution < -0.4 is 10.6 Å². The first-order valence-corrected chi connectivity index (χ1v) is 6.94. The Bertz CT molecular complexity index is 551. The smallest absolute Gasteiger partial charge is 0.319 e. The molecule has 1 aromatic heterocycles. The maximum atomic E-state index is 11.7. The second-order valence-corrected chi connectivity index (χ2v) is 5.52. The number of nitrogens with one attached hydrogen (secondary N) is 2. The molecule has 1 saturated carbocycles. The SMILES string of the molecule is O=C(NCC1(c2ccccc2)CC1)Nc1cnns1. The molecule has 1 aromatic carbocycles. The summed E-state index contributed by atoms with van der Waals surface area (Å²) in [6, 6.07) is 10.1. The van der Waals surface area contributed by atoms with E-state index in [0.717, 1.165) is 24.4 Å². The molecule has 0 spiro atoms. The van der Waals surface area contributed by atoms with Gasteiger partial charge in [0.1, 0.15) is 5.00 Å². The third kappa shape index (κ3) is 2.73. The summed E-state index contributed by atoms with van der Waals surface area (Å²) in [7, 11) is 0. The van der Waals surface area contributed by atoms with Crippen molar-refractivity contribution in [3.63, 3.8) is 0 Å². The fraction of sp³-hybridized carbons (Fsp3) is 0.308. The zero-order chi connectivity index (χ0) is 13.1. The fourth-order valence-corrected chi connectivity index (χ4v) is 2.55. The molecule has 0 unspecified atom stereocenters. The maximum absolute atomic E-state index is 11.7. The summed E-state index contributed by atoms with van der Waals surface area (Å²) in [6.45, 7) is 0.662. The van der Waals surface area contributed by atoms with Crippen LogP contribution in [0.15, 0.2) is 36.5 Å². The summed E-state index contributed by atoms with van der Waals surface area (Å²) in [6.07, 6.45) is 3.78. The van der Waals surface area contributed by atoms with E-state index in [2.05, 4.69) is 32.4 Å². The van der Waals surface area contributed by atoms with E-state index in [4.69, 9.17) is 0 Å². The van der Waals surface area contributed by atoms with Crippen molar-refractivity contribution in [2.75, 3.05) is 11.9 Å². The lowest BCUT2D eigenvalue weighted by Crippen LogP contribution is -2.35. The summed E-state index contributed by atoms with van der Waals surface area (Å²) >= 11 is 1.16. The monoisotopic (exact) mass is 274 g/mol. The number of benzene rings is 1. The Hall–Kier alpha value is -1.95. The lowest BCUT2D eigenvalue weighted by atomic mass is 9.96. The van der Waals surface area contributed by atoms with Crippen LogP contribution in [0.5, 0.6) is 0 Å². The molecule has 0 aliphatic heterocycles. The van der Waals surface area contributed by atoms with E-state index >= 15 is 0 Å². The molecule has 98 valence electrons. The van der Waals surface area contributed by atoms with Crippen LogP contribution in [0.25, 0.3) is 0 Å². The minimum Gasteiger partial charge on any atom is -0.337 e. The van der Waals surface area contributed by atoms with Gasteiger partial charge in [-0.1, -0.05) is 34.8 Å². The molecule has 19 heavy (non-hydrogen) atoms. The van der Waals surface area contributed by atoms with Gasteiger partial charge in [-0.2, -0.15) is 0 Å². The van der Waals surface area contributed by atoms with Gasteiger partial charge in [0.15, 0.2) is 0 Å². The molecular weight excluding hydrogens is 260 g/mol. The number of amides is 2. The van der Waals surface area contributed by atoms with E-state index in [1.165, 1.54) is 11.8 Å². The Morgan fingerprint density at radius 3 is 2.74 bits per heavy atom. The summed E-state index contributed by atoms with van der Waals surface area (Å²) in [4.78, 5) is 11.7. The third-order valence-electron chi connectivity index (χ3n) is 3.43. The van der Waals surface area contributed by atoms with E-state index in [1.807, 2.05) is 18.2 Å². The number of nitrogens with zero attached hydrogens (tertiary/aromatic N) is 2. The number of hydrogen-bond acceptors (Lipinski definition) is 4. The topological polar surface area (TPSA) is 66.9 Å². The van der Waals surface area contributed by atoms with Crippen LogP contribution in [0.3, 0.4) is 0 Å². The molecule has 2 N–H and O–H groups in total. The lowest BCUT2D eigenvalue weighted by Gasteiger charge is -2.16. The quantitative estimate of drug-likeness (QED) is 0.899. The Labute approximate surface area is 115 Å². The van der Waals surface area contributed by atoms with Crippen LogP contribution in [0, 0.1) is 0 Å². The van der Waals surface area contributed by atoms with Gasteiger partial charge in [-0.25, -0.2) is 4.79 Å².